The first-order valence-corrected chi connectivity index (χ1v) is 11.1. The number of hydrogen-bond donors (Lipinski definition) is 0. The third kappa shape index (κ3) is 4.93. The number of rotatable bonds is 8. The fourth-order valence-corrected chi connectivity index (χ4v) is 4.17. The molecule has 1 amide bonds. The van der Waals surface area contributed by atoms with Gasteiger partial charge >= 0.3 is 0 Å². The molecule has 0 radical (unpaired) electrons. The zero-order valence-electron chi connectivity index (χ0n) is 19.9. The number of amides is 1. The van der Waals surface area contributed by atoms with Crippen LogP contribution < -0.4 is 18.9 Å². The molecule has 1 saturated heterocycles. The quantitative estimate of drug-likeness (QED) is 0.493. The fraction of sp³-hybridized carbons (Fsp3) is 0.400. The van der Waals surface area contributed by atoms with E-state index in [2.05, 4.69) is 10.1 Å². The Balaban J connectivity index is 1.36. The van der Waals surface area contributed by atoms with Gasteiger partial charge in [0.25, 0.3) is 5.91 Å². The Morgan fingerprint density at radius 2 is 1.62 bits per heavy atom. The molecule has 180 valence electrons. The Kier molecular flexibility index (Phi) is 7.20. The number of methoxy groups -OCH3 is 4. The maximum absolute atomic E-state index is 13.1. The van der Waals surface area contributed by atoms with E-state index in [0.717, 1.165) is 24.2 Å². The summed E-state index contributed by atoms with van der Waals surface area (Å²) in [5.41, 5.74) is 1.38. The zero-order valence-corrected chi connectivity index (χ0v) is 19.9. The van der Waals surface area contributed by atoms with Crippen molar-refractivity contribution in [1.82, 2.24) is 15.0 Å². The molecule has 34 heavy (non-hydrogen) atoms. The Morgan fingerprint density at radius 3 is 2.18 bits per heavy atom. The highest BCUT2D eigenvalue weighted by molar-refractivity contribution is 5.95. The smallest absolute Gasteiger partial charge is 0.254 e. The van der Waals surface area contributed by atoms with Gasteiger partial charge in [0.05, 0.1) is 28.4 Å². The fourth-order valence-electron chi connectivity index (χ4n) is 4.17. The van der Waals surface area contributed by atoms with Gasteiger partial charge in [0.15, 0.2) is 11.5 Å². The molecule has 1 fully saturated rings. The van der Waals surface area contributed by atoms with Crippen molar-refractivity contribution in [2.24, 2.45) is 5.92 Å². The summed E-state index contributed by atoms with van der Waals surface area (Å²) in [5.74, 6) is 3.65. The van der Waals surface area contributed by atoms with Gasteiger partial charge < -0.3 is 28.4 Å². The highest BCUT2D eigenvalue weighted by Crippen LogP contribution is 2.38. The lowest BCUT2D eigenvalue weighted by Gasteiger charge is -2.31. The van der Waals surface area contributed by atoms with Crippen molar-refractivity contribution < 1.29 is 28.3 Å². The molecule has 2 heterocycles. The molecular weight excluding hydrogens is 438 g/mol. The third-order valence-electron chi connectivity index (χ3n) is 6.09. The van der Waals surface area contributed by atoms with Gasteiger partial charge in [0, 0.05) is 30.6 Å². The molecule has 0 atom stereocenters. The Hall–Kier alpha value is -3.75. The summed E-state index contributed by atoms with van der Waals surface area (Å²) in [7, 11) is 6.24. The van der Waals surface area contributed by atoms with E-state index in [1.54, 1.807) is 19.2 Å². The summed E-state index contributed by atoms with van der Waals surface area (Å²) in [6, 6.07) is 10.9. The topological polar surface area (TPSA) is 96.2 Å². The number of hydrogen-bond acceptors (Lipinski definition) is 8. The normalized spacial score (nSPS) is 14.1. The number of piperidine rings is 1. The minimum atomic E-state index is -0.0581. The highest BCUT2D eigenvalue weighted by atomic mass is 16.5. The van der Waals surface area contributed by atoms with Crippen LogP contribution in [0.1, 0.15) is 29.1 Å². The number of ether oxygens (including phenoxy) is 4. The van der Waals surface area contributed by atoms with Crippen LogP contribution in [0.25, 0.3) is 11.4 Å². The van der Waals surface area contributed by atoms with Gasteiger partial charge in [0.1, 0.15) is 5.75 Å². The minimum absolute atomic E-state index is 0.0581. The molecule has 0 saturated carbocycles. The van der Waals surface area contributed by atoms with Crippen molar-refractivity contribution in [3.8, 4) is 34.4 Å². The van der Waals surface area contributed by atoms with Gasteiger partial charge in [0.2, 0.25) is 17.5 Å². The summed E-state index contributed by atoms with van der Waals surface area (Å²) in [4.78, 5) is 19.5. The summed E-state index contributed by atoms with van der Waals surface area (Å²) < 4.78 is 26.8. The zero-order chi connectivity index (χ0) is 24.1. The molecule has 9 nitrogen and oxygen atoms in total. The van der Waals surface area contributed by atoms with Crippen molar-refractivity contribution in [1.29, 1.82) is 0 Å². The van der Waals surface area contributed by atoms with Crippen LogP contribution in [0.2, 0.25) is 0 Å². The van der Waals surface area contributed by atoms with E-state index in [4.69, 9.17) is 23.5 Å². The van der Waals surface area contributed by atoms with Crippen molar-refractivity contribution >= 4 is 5.91 Å². The average molecular weight is 468 g/mol. The van der Waals surface area contributed by atoms with Crippen LogP contribution >= 0.6 is 0 Å². The Morgan fingerprint density at radius 1 is 0.971 bits per heavy atom. The summed E-state index contributed by atoms with van der Waals surface area (Å²) in [5, 5.41) is 4.11. The maximum atomic E-state index is 13.1. The van der Waals surface area contributed by atoms with Crippen LogP contribution in [0.15, 0.2) is 40.9 Å². The molecule has 1 aliphatic heterocycles. The monoisotopic (exact) mass is 467 g/mol. The van der Waals surface area contributed by atoms with Crippen LogP contribution in [0.3, 0.4) is 0 Å². The third-order valence-corrected chi connectivity index (χ3v) is 6.09. The second kappa shape index (κ2) is 10.5. The minimum Gasteiger partial charge on any atom is -0.497 e. The van der Waals surface area contributed by atoms with Gasteiger partial charge in [-0.1, -0.05) is 5.16 Å². The van der Waals surface area contributed by atoms with Crippen molar-refractivity contribution in [3.05, 3.63) is 47.9 Å². The van der Waals surface area contributed by atoms with Crippen molar-refractivity contribution in [2.45, 2.75) is 19.3 Å². The van der Waals surface area contributed by atoms with Crippen LogP contribution in [0, 0.1) is 5.92 Å². The largest absolute Gasteiger partial charge is 0.497 e. The molecule has 0 aliphatic carbocycles. The molecule has 0 N–H and O–H groups in total. The number of carbonyl (C=O) groups excluding carboxylic acids is 1. The lowest BCUT2D eigenvalue weighted by atomic mass is 9.93. The number of likely N-dealkylation sites (tertiary alicyclic amines) is 1. The van der Waals surface area contributed by atoms with Gasteiger partial charge in [-0.3, -0.25) is 4.79 Å². The van der Waals surface area contributed by atoms with Crippen LogP contribution in [-0.2, 0) is 6.42 Å². The predicted molar refractivity (Wildman–Crippen MR) is 125 cm³/mol. The number of aromatic nitrogens is 2. The number of nitrogens with zero attached hydrogens (tertiary/aromatic N) is 3. The first kappa shape index (κ1) is 23.4. The van der Waals surface area contributed by atoms with E-state index >= 15 is 0 Å². The lowest BCUT2D eigenvalue weighted by Crippen LogP contribution is -2.39. The van der Waals surface area contributed by atoms with Gasteiger partial charge in [-0.2, -0.15) is 4.98 Å². The molecule has 4 rings (SSSR count). The number of carbonyl (C=O) groups is 1. The van der Waals surface area contributed by atoms with E-state index in [9.17, 15) is 4.79 Å². The van der Waals surface area contributed by atoms with Crippen LogP contribution in [0.5, 0.6) is 23.0 Å². The first-order chi connectivity index (χ1) is 16.6. The van der Waals surface area contributed by atoms with Crippen LogP contribution in [0.4, 0.5) is 0 Å². The maximum Gasteiger partial charge on any atom is 0.254 e. The summed E-state index contributed by atoms with van der Waals surface area (Å²) in [6.45, 7) is 1.30. The van der Waals surface area contributed by atoms with Gasteiger partial charge in [-0.25, -0.2) is 0 Å². The van der Waals surface area contributed by atoms with Crippen molar-refractivity contribution in [2.75, 3.05) is 41.5 Å². The average Bonchev–Trinajstić information content (AvgIpc) is 3.36. The van der Waals surface area contributed by atoms with Gasteiger partial charge in [-0.15, -0.1) is 0 Å². The molecule has 0 bridgehead atoms. The molecule has 0 unspecified atom stereocenters. The van der Waals surface area contributed by atoms with E-state index in [1.165, 1.54) is 21.3 Å². The van der Waals surface area contributed by atoms with E-state index in [0.29, 0.717) is 60.0 Å². The Bertz CT molecular complexity index is 1090. The highest BCUT2D eigenvalue weighted by Gasteiger charge is 2.27. The van der Waals surface area contributed by atoms with Crippen LogP contribution in [-0.4, -0.2) is 62.5 Å². The van der Waals surface area contributed by atoms with E-state index in [-0.39, 0.29) is 5.91 Å². The molecule has 2 aromatic carbocycles. The Labute approximate surface area is 198 Å². The van der Waals surface area contributed by atoms with E-state index < -0.39 is 0 Å². The predicted octanol–water partition coefficient (Wildman–Crippen LogP) is 3.87. The molecule has 9 heteroatoms. The SMILES string of the molecule is COc1ccc(-c2noc(CC3CCN(C(=O)c4cc(OC)c(OC)c(OC)c4)CC3)n2)cc1. The lowest BCUT2D eigenvalue weighted by molar-refractivity contribution is 0.0686. The molecule has 1 aliphatic rings. The van der Waals surface area contributed by atoms with Gasteiger partial charge in [-0.05, 0) is 55.2 Å². The molecular formula is C25H29N3O6. The van der Waals surface area contributed by atoms with Crippen molar-refractivity contribution in [3.63, 3.8) is 0 Å². The van der Waals surface area contributed by atoms with E-state index in [1.807, 2.05) is 29.2 Å². The molecule has 3 aromatic rings. The number of benzene rings is 2. The molecule has 0 spiro atoms. The molecule has 1 aromatic heterocycles. The first-order valence-electron chi connectivity index (χ1n) is 11.1. The summed E-state index contributed by atoms with van der Waals surface area (Å²) in [6.07, 6.45) is 2.40. The second-order valence-electron chi connectivity index (χ2n) is 8.09. The second-order valence-corrected chi connectivity index (χ2v) is 8.09. The standard InChI is InChI=1S/C25H29N3O6/c1-30-19-7-5-17(6-8-19)24-26-22(34-27-24)13-16-9-11-28(12-10-16)25(29)18-14-20(31-2)23(33-4)21(15-18)32-3/h5-8,14-16H,9-13H2,1-4H3. The summed E-state index contributed by atoms with van der Waals surface area (Å²) >= 11 is 0.